The molecule has 0 radical (unpaired) electrons. The fourth-order valence-corrected chi connectivity index (χ4v) is 4.75. The molecule has 130 valence electrons. The predicted molar refractivity (Wildman–Crippen MR) is 107 cm³/mol. The van der Waals surface area contributed by atoms with Gasteiger partial charge in [-0.3, -0.25) is 4.79 Å². The van der Waals surface area contributed by atoms with Gasteiger partial charge in [0.15, 0.2) is 4.80 Å². The molecule has 0 fully saturated rings. The average molecular weight is 371 g/mol. The second-order valence-electron chi connectivity index (χ2n) is 6.24. The van der Waals surface area contributed by atoms with Crippen molar-refractivity contribution in [1.29, 1.82) is 0 Å². The number of thioether (sulfide) groups is 1. The van der Waals surface area contributed by atoms with Crippen LogP contribution in [-0.2, 0) is 11.8 Å². The van der Waals surface area contributed by atoms with Crippen LogP contribution < -0.4 is 4.80 Å². The maximum Gasteiger partial charge on any atom is 0.249 e. The summed E-state index contributed by atoms with van der Waals surface area (Å²) in [6.45, 7) is 6.27. The molecule has 0 atom stereocenters. The third-order valence-electron chi connectivity index (χ3n) is 4.17. The third-order valence-corrected chi connectivity index (χ3v) is 6.45. The van der Waals surface area contributed by atoms with Crippen molar-refractivity contribution in [1.82, 2.24) is 4.57 Å². The summed E-state index contributed by atoms with van der Waals surface area (Å²) in [6.07, 6.45) is 0.449. The largest absolute Gasteiger partial charge is 0.319 e. The van der Waals surface area contributed by atoms with Crippen molar-refractivity contribution in [3.8, 4) is 0 Å². The van der Waals surface area contributed by atoms with Crippen LogP contribution in [0.1, 0.15) is 23.1 Å². The summed E-state index contributed by atoms with van der Waals surface area (Å²) < 4.78 is 3.25. The number of nitrogens with zero attached hydrogens (tertiary/aromatic N) is 2. The number of benzene rings is 2. The Bertz CT molecular complexity index is 981. The molecule has 0 saturated carbocycles. The van der Waals surface area contributed by atoms with Gasteiger partial charge >= 0.3 is 0 Å². The van der Waals surface area contributed by atoms with Gasteiger partial charge in [0.2, 0.25) is 5.91 Å². The second kappa shape index (κ2) is 7.58. The number of carbonyl (C=O) groups is 1. The Labute approximate surface area is 156 Å². The number of carbonyl (C=O) groups excluding carboxylic acids is 1. The molecule has 5 heteroatoms. The van der Waals surface area contributed by atoms with E-state index < -0.39 is 0 Å². The smallest absolute Gasteiger partial charge is 0.249 e. The first-order valence-corrected chi connectivity index (χ1v) is 10.1. The normalized spacial score (nSPS) is 12.1. The number of aryl methyl sites for hydroxylation is 4. The zero-order valence-corrected chi connectivity index (χ0v) is 16.6. The monoisotopic (exact) mass is 370 g/mol. The molecule has 0 unspecified atom stereocenters. The molecule has 1 amide bonds. The molecule has 0 aliphatic carbocycles. The van der Waals surface area contributed by atoms with Crippen molar-refractivity contribution in [2.45, 2.75) is 32.1 Å². The van der Waals surface area contributed by atoms with Crippen LogP contribution in [0, 0.1) is 20.8 Å². The lowest BCUT2D eigenvalue weighted by atomic mass is 10.1. The fourth-order valence-electron chi connectivity index (χ4n) is 2.72. The van der Waals surface area contributed by atoms with Crippen molar-refractivity contribution in [2.75, 3.05) is 5.75 Å². The molecule has 0 aliphatic rings. The summed E-state index contributed by atoms with van der Waals surface area (Å²) in [5, 5.41) is 0. The van der Waals surface area contributed by atoms with E-state index in [0.717, 1.165) is 10.6 Å². The van der Waals surface area contributed by atoms with E-state index >= 15 is 0 Å². The highest BCUT2D eigenvalue weighted by atomic mass is 32.2. The van der Waals surface area contributed by atoms with Gasteiger partial charge in [0, 0.05) is 24.1 Å². The number of hydrogen-bond acceptors (Lipinski definition) is 3. The summed E-state index contributed by atoms with van der Waals surface area (Å²) in [6, 6.07) is 12.6. The van der Waals surface area contributed by atoms with E-state index in [4.69, 9.17) is 0 Å². The van der Waals surface area contributed by atoms with Gasteiger partial charge < -0.3 is 4.57 Å². The van der Waals surface area contributed by atoms with Crippen LogP contribution >= 0.6 is 23.1 Å². The van der Waals surface area contributed by atoms with E-state index in [1.165, 1.54) is 31.8 Å². The lowest BCUT2D eigenvalue weighted by molar-refractivity contribution is -0.117. The van der Waals surface area contributed by atoms with Gasteiger partial charge in [-0.05, 0) is 44.0 Å². The summed E-state index contributed by atoms with van der Waals surface area (Å²) >= 11 is 3.29. The molecule has 0 saturated heterocycles. The third kappa shape index (κ3) is 4.05. The van der Waals surface area contributed by atoms with E-state index in [1.54, 1.807) is 23.1 Å². The Hall–Kier alpha value is -1.85. The first kappa shape index (κ1) is 18.0. The number of fused-ring (bicyclic) bond motifs is 1. The highest BCUT2D eigenvalue weighted by Crippen LogP contribution is 2.24. The summed E-state index contributed by atoms with van der Waals surface area (Å²) in [5.74, 6) is 0.690. The number of hydrogen-bond donors (Lipinski definition) is 0. The average Bonchev–Trinajstić information content (AvgIpc) is 2.91. The molecular weight excluding hydrogens is 348 g/mol. The quantitative estimate of drug-likeness (QED) is 0.620. The minimum absolute atomic E-state index is 0.0583. The number of thiazole rings is 1. The van der Waals surface area contributed by atoms with E-state index in [-0.39, 0.29) is 5.91 Å². The fraction of sp³-hybridized carbons (Fsp3) is 0.300. The van der Waals surface area contributed by atoms with Gasteiger partial charge in [-0.2, -0.15) is 4.99 Å². The molecular formula is C20H22N2OS2. The van der Waals surface area contributed by atoms with Crippen molar-refractivity contribution < 1.29 is 4.79 Å². The van der Waals surface area contributed by atoms with Crippen LogP contribution in [0.15, 0.2) is 46.3 Å². The molecule has 3 nitrogen and oxygen atoms in total. The molecule has 1 aromatic heterocycles. The molecule has 0 spiro atoms. The van der Waals surface area contributed by atoms with E-state index in [9.17, 15) is 4.79 Å². The van der Waals surface area contributed by atoms with Crippen molar-refractivity contribution in [3.63, 3.8) is 0 Å². The Morgan fingerprint density at radius 1 is 1.08 bits per heavy atom. The van der Waals surface area contributed by atoms with Crippen LogP contribution in [0.4, 0.5) is 0 Å². The van der Waals surface area contributed by atoms with Gasteiger partial charge in [-0.25, -0.2) is 0 Å². The number of amides is 1. The highest BCUT2D eigenvalue weighted by Gasteiger charge is 2.09. The highest BCUT2D eigenvalue weighted by molar-refractivity contribution is 7.99. The maximum absolute atomic E-state index is 12.3. The second-order valence-corrected chi connectivity index (χ2v) is 8.38. The Morgan fingerprint density at radius 3 is 2.44 bits per heavy atom. The molecule has 1 heterocycles. The van der Waals surface area contributed by atoms with E-state index in [0.29, 0.717) is 6.42 Å². The van der Waals surface area contributed by atoms with E-state index in [1.807, 2.05) is 11.6 Å². The zero-order chi connectivity index (χ0) is 18.0. The topological polar surface area (TPSA) is 34.4 Å². The molecule has 3 aromatic rings. The van der Waals surface area contributed by atoms with Crippen molar-refractivity contribution in [3.05, 3.63) is 57.9 Å². The number of rotatable bonds is 4. The van der Waals surface area contributed by atoms with Crippen molar-refractivity contribution in [2.24, 2.45) is 12.0 Å². The van der Waals surface area contributed by atoms with Gasteiger partial charge in [0.05, 0.1) is 10.2 Å². The molecule has 3 rings (SSSR count). The predicted octanol–water partition coefficient (Wildman–Crippen LogP) is 4.77. The summed E-state index contributed by atoms with van der Waals surface area (Å²) in [7, 11) is 1.98. The maximum atomic E-state index is 12.3. The van der Waals surface area contributed by atoms with Crippen molar-refractivity contribution >= 4 is 39.2 Å². The Balaban J connectivity index is 1.74. The van der Waals surface area contributed by atoms with Crippen LogP contribution in [0.25, 0.3) is 10.2 Å². The molecule has 0 bridgehead atoms. The molecule has 0 aliphatic heterocycles. The SMILES string of the molecule is Cc1ccc(SCCC(=O)N=c2sc3c(C)ccc(C)c3n2C)cc1. The van der Waals surface area contributed by atoms with Crippen LogP contribution in [0.2, 0.25) is 0 Å². The first-order valence-electron chi connectivity index (χ1n) is 8.28. The van der Waals surface area contributed by atoms with Gasteiger partial charge in [-0.1, -0.05) is 41.2 Å². The van der Waals surface area contributed by atoms with Crippen LogP contribution in [0.5, 0.6) is 0 Å². The molecule has 25 heavy (non-hydrogen) atoms. The Kier molecular flexibility index (Phi) is 5.45. The van der Waals surface area contributed by atoms with Gasteiger partial charge in [-0.15, -0.1) is 11.8 Å². The van der Waals surface area contributed by atoms with E-state index in [2.05, 4.69) is 62.2 Å². The number of aromatic nitrogens is 1. The molecule has 2 aromatic carbocycles. The van der Waals surface area contributed by atoms with Gasteiger partial charge in [0.25, 0.3) is 0 Å². The lowest BCUT2D eigenvalue weighted by Gasteiger charge is -2.02. The standard InChI is InChI=1S/C20H22N2OS2/c1-13-5-9-16(10-6-13)24-12-11-17(23)21-20-22(4)18-14(2)7-8-15(3)19(18)25-20/h5-10H,11-12H2,1-4H3. The summed E-state index contributed by atoms with van der Waals surface area (Å²) in [4.78, 5) is 18.6. The summed E-state index contributed by atoms with van der Waals surface area (Å²) in [5.41, 5.74) is 4.86. The minimum atomic E-state index is -0.0583. The lowest BCUT2D eigenvalue weighted by Crippen LogP contribution is -2.13. The Morgan fingerprint density at radius 2 is 1.76 bits per heavy atom. The van der Waals surface area contributed by atoms with Crippen LogP contribution in [0.3, 0.4) is 0 Å². The first-order chi connectivity index (χ1) is 12.0. The minimum Gasteiger partial charge on any atom is -0.319 e. The van der Waals surface area contributed by atoms with Crippen LogP contribution in [-0.4, -0.2) is 16.2 Å². The van der Waals surface area contributed by atoms with Gasteiger partial charge in [0.1, 0.15) is 0 Å². The molecule has 0 N–H and O–H groups in total. The zero-order valence-electron chi connectivity index (χ0n) is 15.0.